The molecular weight excluding hydrogens is 242 g/mol. The lowest BCUT2D eigenvalue weighted by molar-refractivity contribution is -0.128. The van der Waals surface area contributed by atoms with Gasteiger partial charge in [0.15, 0.2) is 5.78 Å². The van der Waals surface area contributed by atoms with Gasteiger partial charge in [-0.15, -0.1) is 0 Å². The summed E-state index contributed by atoms with van der Waals surface area (Å²) in [5.41, 5.74) is 2.06. The number of hydrogen-bond acceptors (Lipinski definition) is 3. The predicted octanol–water partition coefficient (Wildman–Crippen LogP) is 2.16. The molecule has 1 fully saturated rings. The van der Waals surface area contributed by atoms with Crippen molar-refractivity contribution in [2.75, 3.05) is 11.9 Å². The van der Waals surface area contributed by atoms with Crippen LogP contribution in [0.3, 0.4) is 0 Å². The molecule has 4 nitrogen and oxygen atoms in total. The number of carbonyl (C=O) groups excluding carboxylic acids is 2. The van der Waals surface area contributed by atoms with Gasteiger partial charge in [-0.2, -0.15) is 0 Å². The SMILES string of the molecule is CC1(C)CC(=O)/C(=C2/C(=O)Nc3ccccc32)CO1. The maximum absolute atomic E-state index is 12.2. The normalized spacial score (nSPS) is 25.2. The van der Waals surface area contributed by atoms with E-state index in [2.05, 4.69) is 5.32 Å². The van der Waals surface area contributed by atoms with Gasteiger partial charge in [0.2, 0.25) is 0 Å². The Morgan fingerprint density at radius 1 is 1.21 bits per heavy atom. The first-order valence-corrected chi connectivity index (χ1v) is 6.29. The van der Waals surface area contributed by atoms with Crippen LogP contribution in [0.1, 0.15) is 25.8 Å². The van der Waals surface area contributed by atoms with E-state index in [0.29, 0.717) is 17.6 Å². The second kappa shape index (κ2) is 4.03. The Bertz CT molecular complexity index is 614. The summed E-state index contributed by atoms with van der Waals surface area (Å²) < 4.78 is 5.67. The van der Waals surface area contributed by atoms with Crippen molar-refractivity contribution in [2.45, 2.75) is 25.9 Å². The van der Waals surface area contributed by atoms with Gasteiger partial charge in [-0.1, -0.05) is 18.2 Å². The molecule has 1 aromatic rings. The van der Waals surface area contributed by atoms with Gasteiger partial charge in [-0.3, -0.25) is 9.59 Å². The number of hydrogen-bond donors (Lipinski definition) is 1. The van der Waals surface area contributed by atoms with Crippen LogP contribution in [0.2, 0.25) is 0 Å². The van der Waals surface area contributed by atoms with Crippen LogP contribution in [0.5, 0.6) is 0 Å². The number of ketones is 1. The fourth-order valence-corrected chi connectivity index (χ4v) is 2.52. The van der Waals surface area contributed by atoms with Crippen molar-refractivity contribution in [2.24, 2.45) is 0 Å². The van der Waals surface area contributed by atoms with E-state index >= 15 is 0 Å². The highest BCUT2D eigenvalue weighted by Crippen LogP contribution is 2.36. The maximum atomic E-state index is 12.2. The fraction of sp³-hybridized carbons (Fsp3) is 0.333. The predicted molar refractivity (Wildman–Crippen MR) is 71.6 cm³/mol. The maximum Gasteiger partial charge on any atom is 0.256 e. The smallest absolute Gasteiger partial charge is 0.256 e. The van der Waals surface area contributed by atoms with Crippen molar-refractivity contribution in [1.82, 2.24) is 0 Å². The van der Waals surface area contributed by atoms with Crippen molar-refractivity contribution >= 4 is 23.0 Å². The number of Topliss-reactive ketones (excluding diaryl/α,β-unsaturated/α-hetero) is 1. The van der Waals surface area contributed by atoms with Gasteiger partial charge >= 0.3 is 0 Å². The van der Waals surface area contributed by atoms with Gasteiger partial charge < -0.3 is 10.1 Å². The Balaban J connectivity index is 2.09. The molecule has 0 spiro atoms. The molecule has 1 amide bonds. The zero-order valence-electron chi connectivity index (χ0n) is 10.9. The van der Waals surface area contributed by atoms with Crippen LogP contribution in [-0.4, -0.2) is 23.9 Å². The number of para-hydroxylation sites is 1. The molecule has 1 aromatic carbocycles. The average Bonchev–Trinajstić information content (AvgIpc) is 2.65. The summed E-state index contributed by atoms with van der Waals surface area (Å²) in [6, 6.07) is 7.40. The first-order chi connectivity index (χ1) is 8.98. The number of ether oxygens (including phenoxy) is 1. The summed E-state index contributed by atoms with van der Waals surface area (Å²) >= 11 is 0. The molecule has 0 aromatic heterocycles. The summed E-state index contributed by atoms with van der Waals surface area (Å²) in [7, 11) is 0. The molecular formula is C15H15NO3. The Labute approximate surface area is 111 Å². The minimum Gasteiger partial charge on any atom is -0.370 e. The van der Waals surface area contributed by atoms with Crippen LogP contribution in [-0.2, 0) is 14.3 Å². The molecule has 0 saturated carbocycles. The van der Waals surface area contributed by atoms with E-state index in [1.54, 1.807) is 0 Å². The second-order valence-electron chi connectivity index (χ2n) is 5.50. The van der Waals surface area contributed by atoms with Crippen LogP contribution >= 0.6 is 0 Å². The molecule has 98 valence electrons. The van der Waals surface area contributed by atoms with E-state index in [1.165, 1.54) is 0 Å². The Kier molecular flexibility index (Phi) is 2.57. The first kappa shape index (κ1) is 12.1. The molecule has 4 heteroatoms. The molecule has 0 atom stereocenters. The van der Waals surface area contributed by atoms with Gasteiger partial charge in [-0.25, -0.2) is 0 Å². The molecule has 1 N–H and O–H groups in total. The van der Waals surface area contributed by atoms with Crippen LogP contribution in [0, 0.1) is 0 Å². The van der Waals surface area contributed by atoms with E-state index in [4.69, 9.17) is 4.74 Å². The third-order valence-electron chi connectivity index (χ3n) is 3.50. The quantitative estimate of drug-likeness (QED) is 0.725. The summed E-state index contributed by atoms with van der Waals surface area (Å²) in [4.78, 5) is 24.3. The standard InChI is InChI=1S/C15H15NO3/c1-15(2)7-12(17)10(8-19-15)13-9-5-3-4-6-11(9)16-14(13)18/h3-6H,7-8H2,1-2H3,(H,16,18)/b13-10+. The van der Waals surface area contributed by atoms with Crippen molar-refractivity contribution < 1.29 is 14.3 Å². The van der Waals surface area contributed by atoms with Crippen molar-refractivity contribution in [3.8, 4) is 0 Å². The van der Waals surface area contributed by atoms with E-state index in [9.17, 15) is 9.59 Å². The molecule has 0 aliphatic carbocycles. The number of anilines is 1. The minimum atomic E-state index is -0.449. The number of carbonyl (C=O) groups is 2. The molecule has 2 aliphatic heterocycles. The highest BCUT2D eigenvalue weighted by atomic mass is 16.5. The van der Waals surface area contributed by atoms with Crippen LogP contribution in [0.4, 0.5) is 5.69 Å². The summed E-state index contributed by atoms with van der Waals surface area (Å²) in [5.74, 6) is -0.217. The third kappa shape index (κ3) is 1.98. The molecule has 0 unspecified atom stereocenters. The molecule has 3 rings (SSSR count). The fourth-order valence-electron chi connectivity index (χ4n) is 2.52. The van der Waals surface area contributed by atoms with Gasteiger partial charge in [0.25, 0.3) is 5.91 Å². The van der Waals surface area contributed by atoms with Gasteiger partial charge in [0, 0.05) is 23.2 Å². The first-order valence-electron chi connectivity index (χ1n) is 6.29. The third-order valence-corrected chi connectivity index (χ3v) is 3.50. The second-order valence-corrected chi connectivity index (χ2v) is 5.50. The largest absolute Gasteiger partial charge is 0.370 e. The summed E-state index contributed by atoms with van der Waals surface area (Å²) in [5, 5.41) is 2.78. The Hall–Kier alpha value is -1.94. The molecule has 2 aliphatic rings. The molecule has 19 heavy (non-hydrogen) atoms. The summed E-state index contributed by atoms with van der Waals surface area (Å²) in [6.45, 7) is 3.97. The highest BCUT2D eigenvalue weighted by Gasteiger charge is 2.36. The van der Waals surface area contributed by atoms with E-state index in [0.717, 1.165) is 11.3 Å². The van der Waals surface area contributed by atoms with Crippen molar-refractivity contribution in [1.29, 1.82) is 0 Å². The Morgan fingerprint density at radius 2 is 1.95 bits per heavy atom. The number of nitrogens with one attached hydrogen (secondary N) is 1. The van der Waals surface area contributed by atoms with Gasteiger partial charge in [-0.05, 0) is 19.9 Å². The molecule has 1 saturated heterocycles. The van der Waals surface area contributed by atoms with Crippen LogP contribution in [0.15, 0.2) is 29.8 Å². The lowest BCUT2D eigenvalue weighted by Gasteiger charge is -2.30. The van der Waals surface area contributed by atoms with E-state index in [1.807, 2.05) is 38.1 Å². The molecule has 0 bridgehead atoms. The van der Waals surface area contributed by atoms with E-state index in [-0.39, 0.29) is 18.3 Å². The molecule has 0 radical (unpaired) electrons. The summed E-state index contributed by atoms with van der Waals surface area (Å²) in [6.07, 6.45) is 0.307. The highest BCUT2D eigenvalue weighted by molar-refractivity contribution is 6.35. The number of rotatable bonds is 0. The zero-order valence-corrected chi connectivity index (χ0v) is 10.9. The lowest BCUT2D eigenvalue weighted by atomic mass is 9.89. The lowest BCUT2D eigenvalue weighted by Crippen LogP contribution is -2.36. The number of benzene rings is 1. The average molecular weight is 257 g/mol. The number of fused-ring (bicyclic) bond motifs is 1. The van der Waals surface area contributed by atoms with Gasteiger partial charge in [0.1, 0.15) is 0 Å². The minimum absolute atomic E-state index is 0.00176. The monoisotopic (exact) mass is 257 g/mol. The van der Waals surface area contributed by atoms with E-state index < -0.39 is 5.60 Å². The topological polar surface area (TPSA) is 55.4 Å². The zero-order chi connectivity index (χ0) is 13.6. The van der Waals surface area contributed by atoms with Crippen LogP contribution < -0.4 is 5.32 Å². The molecule has 2 heterocycles. The van der Waals surface area contributed by atoms with Crippen molar-refractivity contribution in [3.05, 3.63) is 35.4 Å². The Morgan fingerprint density at radius 3 is 2.68 bits per heavy atom. The van der Waals surface area contributed by atoms with Crippen molar-refractivity contribution in [3.63, 3.8) is 0 Å². The van der Waals surface area contributed by atoms with Gasteiger partial charge in [0.05, 0.1) is 17.8 Å². The van der Waals surface area contributed by atoms with Crippen LogP contribution in [0.25, 0.3) is 5.57 Å². The number of amides is 1.